The predicted octanol–water partition coefficient (Wildman–Crippen LogP) is 3.09. The molecule has 0 N–H and O–H groups in total. The van der Waals surface area contributed by atoms with Gasteiger partial charge >= 0.3 is 0 Å². The van der Waals surface area contributed by atoms with E-state index in [9.17, 15) is 4.79 Å². The molecule has 1 aromatic rings. The third-order valence-corrected chi connectivity index (χ3v) is 8.11. The minimum atomic E-state index is 0.213. The summed E-state index contributed by atoms with van der Waals surface area (Å²) in [5.74, 6) is 5.37. The Kier molecular flexibility index (Phi) is 2.92. The number of fused-ring (bicyclic) bond motifs is 4. The number of likely N-dealkylation sites (tertiary alicyclic amines) is 1. The van der Waals surface area contributed by atoms with E-state index in [1.165, 1.54) is 50.9 Å². The lowest BCUT2D eigenvalue weighted by Gasteiger charge is -2.59. The van der Waals surface area contributed by atoms with Gasteiger partial charge in [0.05, 0.1) is 0 Å². The first-order valence-electron chi connectivity index (χ1n) is 10.2. The van der Waals surface area contributed by atoms with Crippen LogP contribution in [0, 0.1) is 29.6 Å². The molecule has 0 radical (unpaired) electrons. The van der Waals surface area contributed by atoms with Gasteiger partial charge in [-0.3, -0.25) is 9.69 Å². The molecule has 4 saturated carbocycles. The number of piperidine rings is 1. The maximum atomic E-state index is 12.2. The van der Waals surface area contributed by atoms with E-state index in [-0.39, 0.29) is 5.56 Å². The molecule has 2 atom stereocenters. The molecule has 24 heavy (non-hydrogen) atoms. The second-order valence-electron chi connectivity index (χ2n) is 9.57. The first-order valence-corrected chi connectivity index (χ1v) is 10.2. The molecule has 0 aromatic carbocycles. The highest BCUT2D eigenvalue weighted by Gasteiger charge is 2.51. The van der Waals surface area contributed by atoms with Crippen molar-refractivity contribution in [1.82, 2.24) is 9.47 Å². The maximum Gasteiger partial charge on any atom is 0.250 e. The van der Waals surface area contributed by atoms with Crippen LogP contribution in [0.4, 0.5) is 0 Å². The van der Waals surface area contributed by atoms with Gasteiger partial charge in [0, 0.05) is 43.4 Å². The zero-order chi connectivity index (χ0) is 15.8. The molecular formula is C21H28N2O. The number of hydrogen-bond donors (Lipinski definition) is 0. The quantitative estimate of drug-likeness (QED) is 0.793. The summed E-state index contributed by atoms with van der Waals surface area (Å²) in [6.45, 7) is 3.40. The van der Waals surface area contributed by atoms with Gasteiger partial charge in [-0.1, -0.05) is 6.07 Å². The van der Waals surface area contributed by atoms with Crippen molar-refractivity contribution in [2.75, 3.05) is 13.1 Å². The van der Waals surface area contributed by atoms with Gasteiger partial charge in [0.2, 0.25) is 0 Å². The molecule has 3 heterocycles. The highest BCUT2D eigenvalue weighted by Crippen LogP contribution is 2.56. The van der Waals surface area contributed by atoms with Crippen LogP contribution >= 0.6 is 0 Å². The molecule has 0 spiro atoms. The summed E-state index contributed by atoms with van der Waals surface area (Å²) in [7, 11) is 0. The lowest BCUT2D eigenvalue weighted by Crippen LogP contribution is -2.60. The predicted molar refractivity (Wildman–Crippen MR) is 94.0 cm³/mol. The summed E-state index contributed by atoms with van der Waals surface area (Å²) >= 11 is 0. The van der Waals surface area contributed by atoms with E-state index in [1.54, 1.807) is 12.5 Å². The standard InChI is InChI=1S/C21H28N2O/c24-20-3-1-2-19-18-9-15(11-23(19)20)10-22(12-18)21-16-5-13-4-14(7-16)8-17(21)6-13/h1-3,13-18,21H,4-12H2/t13?,14?,15-,16?,17?,18+,21?/m0/s1. The van der Waals surface area contributed by atoms with Crippen molar-refractivity contribution < 1.29 is 0 Å². The third-order valence-electron chi connectivity index (χ3n) is 8.11. The summed E-state index contributed by atoms with van der Waals surface area (Å²) < 4.78 is 2.08. The van der Waals surface area contributed by atoms with Crippen LogP contribution in [0.5, 0.6) is 0 Å². The molecule has 6 bridgehead atoms. The smallest absolute Gasteiger partial charge is 0.250 e. The average molecular weight is 324 g/mol. The van der Waals surface area contributed by atoms with E-state index in [4.69, 9.17) is 0 Å². The van der Waals surface area contributed by atoms with Gasteiger partial charge in [-0.2, -0.15) is 0 Å². The van der Waals surface area contributed by atoms with E-state index in [1.807, 2.05) is 6.07 Å². The summed E-state index contributed by atoms with van der Waals surface area (Å²) in [6, 6.07) is 6.78. The topological polar surface area (TPSA) is 25.2 Å². The monoisotopic (exact) mass is 324 g/mol. The second-order valence-corrected chi connectivity index (χ2v) is 9.57. The Balaban J connectivity index is 1.31. The van der Waals surface area contributed by atoms with Crippen LogP contribution in [-0.2, 0) is 6.54 Å². The number of aromatic nitrogens is 1. The molecule has 3 nitrogen and oxygen atoms in total. The molecule has 1 aromatic heterocycles. The van der Waals surface area contributed by atoms with Crippen LogP contribution in [0.3, 0.4) is 0 Å². The van der Waals surface area contributed by atoms with Crippen LogP contribution < -0.4 is 5.56 Å². The molecule has 0 unspecified atom stereocenters. The summed E-state index contributed by atoms with van der Waals surface area (Å²) in [5, 5.41) is 0. The average Bonchev–Trinajstić information content (AvgIpc) is 2.55. The molecule has 7 rings (SSSR count). The van der Waals surface area contributed by atoms with Crippen molar-refractivity contribution in [3.05, 3.63) is 34.2 Å². The fourth-order valence-electron chi connectivity index (χ4n) is 7.67. The number of rotatable bonds is 1. The minimum absolute atomic E-state index is 0.213. The minimum Gasteiger partial charge on any atom is -0.312 e. The fourth-order valence-corrected chi connectivity index (χ4v) is 7.67. The van der Waals surface area contributed by atoms with Gasteiger partial charge in [0.25, 0.3) is 5.56 Å². The fraction of sp³-hybridized carbons (Fsp3) is 0.762. The first-order chi connectivity index (χ1) is 11.7. The normalized spacial score (nSPS) is 46.1. The van der Waals surface area contributed by atoms with Gasteiger partial charge in [-0.25, -0.2) is 0 Å². The number of hydrogen-bond acceptors (Lipinski definition) is 2. The first kappa shape index (κ1) is 14.1. The molecule has 2 aliphatic heterocycles. The molecule has 6 aliphatic rings. The van der Waals surface area contributed by atoms with Gasteiger partial charge in [0.1, 0.15) is 0 Å². The lowest BCUT2D eigenvalue weighted by atomic mass is 9.53. The Labute approximate surface area is 144 Å². The van der Waals surface area contributed by atoms with Crippen LogP contribution in [0.1, 0.15) is 50.1 Å². The van der Waals surface area contributed by atoms with Crippen molar-refractivity contribution >= 4 is 0 Å². The highest BCUT2D eigenvalue weighted by molar-refractivity contribution is 5.17. The third kappa shape index (κ3) is 1.97. The zero-order valence-electron chi connectivity index (χ0n) is 14.4. The van der Waals surface area contributed by atoms with Gasteiger partial charge in [-0.05, 0) is 74.2 Å². The Morgan fingerprint density at radius 2 is 1.54 bits per heavy atom. The summed E-state index contributed by atoms with van der Waals surface area (Å²) in [5.41, 5.74) is 1.53. The number of pyridine rings is 1. The molecular weight excluding hydrogens is 296 g/mol. The van der Waals surface area contributed by atoms with Crippen LogP contribution in [0.25, 0.3) is 0 Å². The Hall–Kier alpha value is -1.09. The van der Waals surface area contributed by atoms with Gasteiger partial charge in [-0.15, -0.1) is 0 Å². The lowest BCUT2D eigenvalue weighted by molar-refractivity contribution is -0.0819. The van der Waals surface area contributed by atoms with Crippen molar-refractivity contribution in [1.29, 1.82) is 0 Å². The molecule has 1 saturated heterocycles. The van der Waals surface area contributed by atoms with Crippen LogP contribution in [-0.4, -0.2) is 28.6 Å². The van der Waals surface area contributed by atoms with Crippen molar-refractivity contribution in [2.24, 2.45) is 29.6 Å². The highest BCUT2D eigenvalue weighted by atomic mass is 16.1. The summed E-state index contributed by atoms with van der Waals surface area (Å²) in [4.78, 5) is 15.1. The molecule has 0 amide bonds. The zero-order valence-corrected chi connectivity index (χ0v) is 14.4. The van der Waals surface area contributed by atoms with E-state index in [0.29, 0.717) is 11.8 Å². The van der Waals surface area contributed by atoms with Crippen molar-refractivity contribution in [2.45, 2.75) is 57.0 Å². The van der Waals surface area contributed by atoms with E-state index in [2.05, 4.69) is 15.5 Å². The largest absolute Gasteiger partial charge is 0.312 e. The molecule has 4 aliphatic carbocycles. The van der Waals surface area contributed by atoms with Crippen molar-refractivity contribution in [3.63, 3.8) is 0 Å². The second kappa shape index (κ2) is 4.97. The van der Waals surface area contributed by atoms with Gasteiger partial charge in [0.15, 0.2) is 0 Å². The van der Waals surface area contributed by atoms with E-state index in [0.717, 1.165) is 36.3 Å². The summed E-state index contributed by atoms with van der Waals surface area (Å²) in [6.07, 6.45) is 8.90. The Morgan fingerprint density at radius 1 is 0.792 bits per heavy atom. The molecule has 128 valence electrons. The van der Waals surface area contributed by atoms with Crippen molar-refractivity contribution in [3.8, 4) is 0 Å². The van der Waals surface area contributed by atoms with E-state index >= 15 is 0 Å². The molecule has 3 heteroatoms. The van der Waals surface area contributed by atoms with Crippen LogP contribution in [0.15, 0.2) is 23.0 Å². The van der Waals surface area contributed by atoms with Crippen LogP contribution in [0.2, 0.25) is 0 Å². The maximum absolute atomic E-state index is 12.2. The Bertz CT molecular complexity index is 695. The SMILES string of the molecule is O=c1cccc2n1C[C@H]1C[C@@H]2CN(C2C3CC4CC(C3)CC2C4)C1. The van der Waals surface area contributed by atoms with E-state index < -0.39 is 0 Å². The number of nitrogens with zero attached hydrogens (tertiary/aromatic N) is 2. The Morgan fingerprint density at radius 3 is 2.29 bits per heavy atom. The molecule has 5 fully saturated rings. The van der Waals surface area contributed by atoms with Gasteiger partial charge < -0.3 is 4.57 Å².